The average Bonchev–Trinajstić information content (AvgIpc) is 3.22. The highest BCUT2D eigenvalue weighted by molar-refractivity contribution is 5.89. The Morgan fingerprint density at radius 3 is 2.36 bits per heavy atom. The summed E-state index contributed by atoms with van der Waals surface area (Å²) in [5, 5.41) is 15.6. The maximum absolute atomic E-state index is 12.5. The number of hydrogen-bond donors (Lipinski definition) is 3. The summed E-state index contributed by atoms with van der Waals surface area (Å²) < 4.78 is 7.77. The zero-order chi connectivity index (χ0) is 25.5. The molecular weight excluding hydrogens is 462 g/mol. The van der Waals surface area contributed by atoms with Crippen molar-refractivity contribution < 1.29 is 24.5 Å². The van der Waals surface area contributed by atoms with Gasteiger partial charge in [0.2, 0.25) is 0 Å². The third kappa shape index (κ3) is 6.23. The fraction of sp³-hybridized carbons (Fsp3) is 0.370. The van der Waals surface area contributed by atoms with E-state index in [0.29, 0.717) is 24.1 Å². The van der Waals surface area contributed by atoms with Crippen molar-refractivity contribution >= 4 is 23.0 Å². The van der Waals surface area contributed by atoms with Crippen molar-refractivity contribution in [2.45, 2.75) is 37.6 Å². The topological polar surface area (TPSA) is 125 Å². The van der Waals surface area contributed by atoms with E-state index in [-0.39, 0.29) is 5.69 Å². The molecule has 0 radical (unpaired) electrons. The van der Waals surface area contributed by atoms with Crippen molar-refractivity contribution in [3.63, 3.8) is 0 Å². The number of piperidine rings is 1. The molecule has 5 rings (SSSR count). The van der Waals surface area contributed by atoms with Crippen LogP contribution in [0, 0.1) is 0 Å². The Kier molecular flexibility index (Phi) is 8.22. The van der Waals surface area contributed by atoms with E-state index in [4.69, 9.17) is 14.9 Å². The first kappa shape index (κ1) is 25.2. The Morgan fingerprint density at radius 2 is 1.64 bits per heavy atom. The lowest BCUT2D eigenvalue weighted by Gasteiger charge is -2.34. The number of aliphatic carboxylic acids is 2. The fourth-order valence-electron chi connectivity index (χ4n) is 5.03. The molecule has 0 amide bonds. The molecule has 3 aromatic rings. The van der Waals surface area contributed by atoms with Crippen LogP contribution in [0.4, 0.5) is 0 Å². The molecule has 3 N–H and O–H groups in total. The Balaban J connectivity index is 0.000000331. The number of imidazole rings is 1. The van der Waals surface area contributed by atoms with E-state index in [1.165, 1.54) is 12.0 Å². The lowest BCUT2D eigenvalue weighted by atomic mass is 9.90. The molecule has 0 saturated carbocycles. The number of carbonyl (C=O) groups is 2. The maximum Gasteiger partial charge on any atom is 0.328 e. The number of carboxylic acids is 2. The molecule has 190 valence electrons. The average molecular weight is 494 g/mol. The summed E-state index contributed by atoms with van der Waals surface area (Å²) in [5.41, 5.74) is 3.37. The number of aromatic nitrogens is 2. The van der Waals surface area contributed by atoms with Crippen LogP contribution in [0.1, 0.15) is 43.2 Å². The first-order chi connectivity index (χ1) is 17.4. The molecule has 1 fully saturated rings. The molecule has 36 heavy (non-hydrogen) atoms. The molecule has 9 heteroatoms. The van der Waals surface area contributed by atoms with Gasteiger partial charge in [-0.25, -0.2) is 14.4 Å². The second-order valence-corrected chi connectivity index (χ2v) is 9.06. The van der Waals surface area contributed by atoms with E-state index in [9.17, 15) is 14.4 Å². The van der Waals surface area contributed by atoms with Crippen molar-refractivity contribution in [1.82, 2.24) is 14.5 Å². The van der Waals surface area contributed by atoms with Crippen LogP contribution in [0.15, 0.2) is 65.5 Å². The Bertz CT molecular complexity index is 1270. The van der Waals surface area contributed by atoms with Gasteiger partial charge in [0, 0.05) is 31.3 Å². The molecule has 0 bridgehead atoms. The summed E-state index contributed by atoms with van der Waals surface area (Å²) in [6.45, 7) is 4.06. The van der Waals surface area contributed by atoms with Crippen molar-refractivity contribution in [1.29, 1.82) is 0 Å². The summed E-state index contributed by atoms with van der Waals surface area (Å²) >= 11 is 0. The van der Waals surface area contributed by atoms with Gasteiger partial charge in [-0.3, -0.25) is 4.57 Å². The number of nitrogens with one attached hydrogen (secondary N) is 1. The molecule has 2 aliphatic heterocycles. The van der Waals surface area contributed by atoms with E-state index in [1.807, 2.05) is 28.8 Å². The standard InChI is InChI=1S/C23H27N3O2.C4H4O4/c27-23-24-20-6-2-3-7-21(20)26(23)18-10-14-25(15-11-18)13-9-17-12-16-28-22-8-4-1-5-19(17)22;5-3(6)1-2-4(7)8/h1-8,17-18H,9-16H2,(H,24,27);1-2H,(H,5,6)(H,7,8)/b;2-1+. The lowest BCUT2D eigenvalue weighted by molar-refractivity contribution is -0.134. The summed E-state index contributed by atoms with van der Waals surface area (Å²) in [7, 11) is 0. The number of ether oxygens (including phenoxy) is 1. The second-order valence-electron chi connectivity index (χ2n) is 9.06. The number of para-hydroxylation sites is 3. The number of benzene rings is 2. The van der Waals surface area contributed by atoms with Crippen LogP contribution >= 0.6 is 0 Å². The minimum absolute atomic E-state index is 0.0264. The van der Waals surface area contributed by atoms with E-state index in [0.717, 1.165) is 62.3 Å². The lowest BCUT2D eigenvalue weighted by Crippen LogP contribution is -2.38. The van der Waals surface area contributed by atoms with Crippen LogP contribution in [0.25, 0.3) is 11.0 Å². The molecule has 2 aromatic carbocycles. The van der Waals surface area contributed by atoms with Gasteiger partial charge in [0.25, 0.3) is 0 Å². The van der Waals surface area contributed by atoms with Gasteiger partial charge in [0.15, 0.2) is 0 Å². The molecule has 0 spiro atoms. The highest BCUT2D eigenvalue weighted by Crippen LogP contribution is 2.36. The third-order valence-corrected chi connectivity index (χ3v) is 6.79. The molecule has 9 nitrogen and oxygen atoms in total. The van der Waals surface area contributed by atoms with Gasteiger partial charge in [0.1, 0.15) is 5.75 Å². The van der Waals surface area contributed by atoms with Gasteiger partial charge in [-0.15, -0.1) is 0 Å². The summed E-state index contributed by atoms with van der Waals surface area (Å²) in [5.74, 6) is -0.852. The predicted molar refractivity (Wildman–Crippen MR) is 136 cm³/mol. The van der Waals surface area contributed by atoms with Gasteiger partial charge in [-0.1, -0.05) is 30.3 Å². The predicted octanol–water partition coefficient (Wildman–Crippen LogP) is 3.63. The largest absolute Gasteiger partial charge is 0.493 e. The number of nitrogens with zero attached hydrogens (tertiary/aromatic N) is 2. The number of likely N-dealkylation sites (tertiary alicyclic amines) is 1. The van der Waals surface area contributed by atoms with E-state index >= 15 is 0 Å². The van der Waals surface area contributed by atoms with Crippen LogP contribution in [-0.2, 0) is 9.59 Å². The van der Waals surface area contributed by atoms with Gasteiger partial charge in [0.05, 0.1) is 17.6 Å². The van der Waals surface area contributed by atoms with Crippen LogP contribution in [-0.4, -0.2) is 62.8 Å². The minimum atomic E-state index is -1.26. The number of hydrogen-bond acceptors (Lipinski definition) is 5. The van der Waals surface area contributed by atoms with E-state index in [1.54, 1.807) is 0 Å². The first-order valence-corrected chi connectivity index (χ1v) is 12.2. The SMILES string of the molecule is O=C(O)/C=C/C(=O)O.O=c1[nH]c2ccccc2n1C1CCN(CCC2CCOc3ccccc32)CC1. The molecule has 1 aromatic heterocycles. The van der Waals surface area contributed by atoms with Crippen LogP contribution < -0.4 is 10.4 Å². The molecule has 3 heterocycles. The smallest absolute Gasteiger partial charge is 0.328 e. The van der Waals surface area contributed by atoms with Crippen molar-refractivity contribution in [3.05, 3.63) is 76.7 Å². The number of rotatable bonds is 6. The first-order valence-electron chi connectivity index (χ1n) is 12.2. The quantitative estimate of drug-likeness (QED) is 0.448. The summed E-state index contributed by atoms with van der Waals surface area (Å²) in [6, 6.07) is 16.8. The number of fused-ring (bicyclic) bond motifs is 2. The highest BCUT2D eigenvalue weighted by Gasteiger charge is 2.25. The molecule has 1 atom stereocenters. The maximum atomic E-state index is 12.5. The fourth-order valence-corrected chi connectivity index (χ4v) is 5.03. The molecule has 1 saturated heterocycles. The highest BCUT2D eigenvalue weighted by atomic mass is 16.5. The van der Waals surface area contributed by atoms with Crippen LogP contribution in [0.3, 0.4) is 0 Å². The third-order valence-electron chi connectivity index (χ3n) is 6.79. The number of carboxylic acid groups (broad SMARTS) is 2. The van der Waals surface area contributed by atoms with Gasteiger partial charge in [-0.2, -0.15) is 0 Å². The number of H-pyrrole nitrogens is 1. The summed E-state index contributed by atoms with van der Waals surface area (Å²) in [4.78, 5) is 37.1. The number of aromatic amines is 1. The van der Waals surface area contributed by atoms with Gasteiger partial charge >= 0.3 is 17.6 Å². The normalized spacial score (nSPS) is 18.3. The Labute approximate surface area is 208 Å². The van der Waals surface area contributed by atoms with E-state index < -0.39 is 11.9 Å². The zero-order valence-electron chi connectivity index (χ0n) is 20.0. The van der Waals surface area contributed by atoms with Crippen molar-refractivity contribution in [2.75, 3.05) is 26.2 Å². The van der Waals surface area contributed by atoms with E-state index in [2.05, 4.69) is 34.1 Å². The van der Waals surface area contributed by atoms with Gasteiger partial charge < -0.3 is 24.8 Å². The second kappa shape index (κ2) is 11.7. The zero-order valence-corrected chi connectivity index (χ0v) is 20.0. The molecule has 1 unspecified atom stereocenters. The van der Waals surface area contributed by atoms with Gasteiger partial charge in [-0.05, 0) is 61.9 Å². The monoisotopic (exact) mass is 493 g/mol. The van der Waals surface area contributed by atoms with Crippen molar-refractivity contribution in [2.24, 2.45) is 0 Å². The van der Waals surface area contributed by atoms with Crippen LogP contribution in [0.5, 0.6) is 5.75 Å². The molecular formula is C27H31N3O6. The summed E-state index contributed by atoms with van der Waals surface area (Å²) in [6.07, 6.45) is 5.47. The molecule has 0 aliphatic carbocycles. The Morgan fingerprint density at radius 1 is 0.972 bits per heavy atom. The Hall–Kier alpha value is -3.85. The van der Waals surface area contributed by atoms with Crippen molar-refractivity contribution in [3.8, 4) is 5.75 Å². The van der Waals surface area contributed by atoms with Crippen LogP contribution in [0.2, 0.25) is 0 Å². The minimum Gasteiger partial charge on any atom is -0.493 e. The molecule has 2 aliphatic rings.